The molecule has 60 valence electrons. The van der Waals surface area contributed by atoms with Crippen LogP contribution >= 0.6 is 12.4 Å². The molecule has 0 aliphatic heterocycles. The number of hydrogen-bond acceptors (Lipinski definition) is 2. The number of primary amides is 1. The van der Waals surface area contributed by atoms with Crippen molar-refractivity contribution < 1.29 is 4.79 Å². The molecule has 0 unspecified atom stereocenters. The monoisotopic (exact) mass is 164 g/mol. The van der Waals surface area contributed by atoms with Crippen molar-refractivity contribution in [2.75, 3.05) is 6.54 Å². The highest BCUT2D eigenvalue weighted by Crippen LogP contribution is 2.39. The van der Waals surface area contributed by atoms with Crippen molar-refractivity contribution in [2.45, 2.75) is 19.3 Å². The minimum absolute atomic E-state index is 0. The van der Waals surface area contributed by atoms with E-state index in [9.17, 15) is 4.79 Å². The molecule has 1 aliphatic carbocycles. The van der Waals surface area contributed by atoms with Gasteiger partial charge in [0.15, 0.2) is 0 Å². The molecule has 1 fully saturated rings. The summed E-state index contributed by atoms with van der Waals surface area (Å²) >= 11 is 0. The Bertz CT molecular complexity index is 128. The van der Waals surface area contributed by atoms with Crippen molar-refractivity contribution >= 4 is 18.3 Å². The molecule has 0 spiro atoms. The van der Waals surface area contributed by atoms with E-state index in [2.05, 4.69) is 0 Å². The van der Waals surface area contributed by atoms with E-state index in [1.54, 1.807) is 0 Å². The van der Waals surface area contributed by atoms with Crippen LogP contribution in [-0.2, 0) is 4.79 Å². The van der Waals surface area contributed by atoms with E-state index in [-0.39, 0.29) is 23.7 Å². The molecule has 1 rings (SSSR count). The van der Waals surface area contributed by atoms with E-state index in [4.69, 9.17) is 11.5 Å². The number of halogens is 1. The molecule has 0 aromatic rings. The van der Waals surface area contributed by atoms with Crippen LogP contribution in [0.4, 0.5) is 0 Å². The summed E-state index contributed by atoms with van der Waals surface area (Å²) < 4.78 is 0. The molecule has 0 saturated heterocycles. The first-order valence-electron chi connectivity index (χ1n) is 3.21. The highest BCUT2D eigenvalue weighted by molar-refractivity contribution is 5.85. The van der Waals surface area contributed by atoms with Crippen molar-refractivity contribution in [1.29, 1.82) is 0 Å². The highest BCUT2D eigenvalue weighted by atomic mass is 35.5. The number of rotatable bonds is 2. The van der Waals surface area contributed by atoms with Gasteiger partial charge in [-0.05, 0) is 12.8 Å². The zero-order chi connectivity index (χ0) is 6.91. The second kappa shape index (κ2) is 3.21. The van der Waals surface area contributed by atoms with Crippen LogP contribution in [0.25, 0.3) is 0 Å². The minimum atomic E-state index is -0.319. The number of hydrogen-bond donors (Lipinski definition) is 2. The summed E-state index contributed by atoms with van der Waals surface area (Å²) in [5, 5.41) is 0. The molecule has 10 heavy (non-hydrogen) atoms. The van der Waals surface area contributed by atoms with Crippen LogP contribution < -0.4 is 11.5 Å². The van der Waals surface area contributed by atoms with Gasteiger partial charge < -0.3 is 11.5 Å². The summed E-state index contributed by atoms with van der Waals surface area (Å²) in [6.45, 7) is 0.419. The van der Waals surface area contributed by atoms with Gasteiger partial charge in [0.05, 0.1) is 5.41 Å². The molecule has 0 atom stereocenters. The van der Waals surface area contributed by atoms with Crippen molar-refractivity contribution in [1.82, 2.24) is 0 Å². The van der Waals surface area contributed by atoms with Crippen LogP contribution in [0.15, 0.2) is 0 Å². The molecule has 0 radical (unpaired) electrons. The fraction of sp³-hybridized carbons (Fsp3) is 0.833. The molecule has 1 aliphatic rings. The van der Waals surface area contributed by atoms with Gasteiger partial charge in [0, 0.05) is 6.54 Å². The lowest BCUT2D eigenvalue weighted by Gasteiger charge is -2.37. The van der Waals surface area contributed by atoms with Gasteiger partial charge in [0.2, 0.25) is 5.91 Å². The highest BCUT2D eigenvalue weighted by Gasteiger charge is 2.40. The van der Waals surface area contributed by atoms with Crippen LogP contribution in [0.2, 0.25) is 0 Å². The van der Waals surface area contributed by atoms with E-state index >= 15 is 0 Å². The van der Waals surface area contributed by atoms with Gasteiger partial charge in [0.25, 0.3) is 0 Å². The third-order valence-corrected chi connectivity index (χ3v) is 2.22. The zero-order valence-corrected chi connectivity index (χ0v) is 6.62. The molecule has 0 aromatic heterocycles. The summed E-state index contributed by atoms with van der Waals surface area (Å²) in [4.78, 5) is 10.7. The zero-order valence-electron chi connectivity index (χ0n) is 5.80. The van der Waals surface area contributed by atoms with Crippen molar-refractivity contribution in [3.8, 4) is 0 Å². The van der Waals surface area contributed by atoms with Crippen molar-refractivity contribution in [3.05, 3.63) is 0 Å². The summed E-state index contributed by atoms with van der Waals surface area (Å²) in [5.74, 6) is -0.226. The predicted molar refractivity (Wildman–Crippen MR) is 41.8 cm³/mol. The van der Waals surface area contributed by atoms with Gasteiger partial charge in [-0.2, -0.15) is 0 Å². The molecule has 0 bridgehead atoms. The molecule has 3 nitrogen and oxygen atoms in total. The molecule has 1 saturated carbocycles. The Balaban J connectivity index is 0.000000810. The third-order valence-electron chi connectivity index (χ3n) is 2.22. The van der Waals surface area contributed by atoms with E-state index in [1.165, 1.54) is 0 Å². The first-order chi connectivity index (χ1) is 4.21. The second-order valence-corrected chi connectivity index (χ2v) is 2.70. The number of nitrogens with two attached hydrogens (primary N) is 2. The van der Waals surface area contributed by atoms with E-state index in [0.29, 0.717) is 6.54 Å². The lowest BCUT2D eigenvalue weighted by atomic mass is 9.68. The summed E-state index contributed by atoms with van der Waals surface area (Å²) in [6, 6.07) is 0. The summed E-state index contributed by atoms with van der Waals surface area (Å²) in [5.41, 5.74) is 10.2. The lowest BCUT2D eigenvalue weighted by Crippen LogP contribution is -2.48. The van der Waals surface area contributed by atoms with Crippen LogP contribution in [0.3, 0.4) is 0 Å². The van der Waals surface area contributed by atoms with Crippen LogP contribution in [-0.4, -0.2) is 12.5 Å². The fourth-order valence-corrected chi connectivity index (χ4v) is 1.15. The molecular formula is C6H13ClN2O. The van der Waals surface area contributed by atoms with E-state index < -0.39 is 0 Å². The number of carbonyl (C=O) groups is 1. The maximum atomic E-state index is 10.7. The van der Waals surface area contributed by atoms with Gasteiger partial charge >= 0.3 is 0 Å². The number of carbonyl (C=O) groups excluding carboxylic acids is 1. The van der Waals surface area contributed by atoms with Crippen molar-refractivity contribution in [3.63, 3.8) is 0 Å². The molecule has 0 heterocycles. The topological polar surface area (TPSA) is 69.1 Å². The van der Waals surface area contributed by atoms with Crippen LogP contribution in [0.1, 0.15) is 19.3 Å². The van der Waals surface area contributed by atoms with Gasteiger partial charge in [-0.1, -0.05) is 6.42 Å². The fourth-order valence-electron chi connectivity index (χ4n) is 1.15. The maximum Gasteiger partial charge on any atom is 0.224 e. The van der Waals surface area contributed by atoms with Crippen molar-refractivity contribution in [2.24, 2.45) is 16.9 Å². The Labute approximate surface area is 66.6 Å². The van der Waals surface area contributed by atoms with Crippen LogP contribution in [0.5, 0.6) is 0 Å². The standard InChI is InChI=1S/C6H12N2O.ClH/c7-4-6(5(8)9)2-1-3-6;/h1-4,7H2,(H2,8,9);1H. The largest absolute Gasteiger partial charge is 0.369 e. The Morgan fingerprint density at radius 2 is 2.00 bits per heavy atom. The van der Waals surface area contributed by atoms with E-state index in [1.807, 2.05) is 0 Å². The number of amides is 1. The quantitative estimate of drug-likeness (QED) is 0.605. The first-order valence-corrected chi connectivity index (χ1v) is 3.21. The Morgan fingerprint density at radius 3 is 2.00 bits per heavy atom. The molecule has 0 aromatic carbocycles. The Kier molecular flexibility index (Phi) is 3.12. The van der Waals surface area contributed by atoms with Gasteiger partial charge in [0.1, 0.15) is 0 Å². The van der Waals surface area contributed by atoms with Gasteiger partial charge in [-0.25, -0.2) is 0 Å². The van der Waals surface area contributed by atoms with E-state index in [0.717, 1.165) is 19.3 Å². The molecule has 1 amide bonds. The van der Waals surface area contributed by atoms with Crippen LogP contribution in [0, 0.1) is 5.41 Å². The maximum absolute atomic E-state index is 10.7. The SMILES string of the molecule is Cl.NCC1(C(N)=O)CCC1. The summed E-state index contributed by atoms with van der Waals surface area (Å²) in [7, 11) is 0. The summed E-state index contributed by atoms with van der Waals surface area (Å²) in [6.07, 6.45) is 2.87. The average molecular weight is 165 g/mol. The van der Waals surface area contributed by atoms with Gasteiger partial charge in [-0.15, -0.1) is 12.4 Å². The van der Waals surface area contributed by atoms with Gasteiger partial charge in [-0.3, -0.25) is 4.79 Å². The second-order valence-electron chi connectivity index (χ2n) is 2.70. The molecular weight excluding hydrogens is 152 g/mol. The first kappa shape index (κ1) is 9.72. The molecule has 4 N–H and O–H groups in total. The third kappa shape index (κ3) is 1.25. The lowest BCUT2D eigenvalue weighted by molar-refractivity contribution is -0.131. The average Bonchev–Trinajstić information content (AvgIpc) is 1.62. The smallest absolute Gasteiger partial charge is 0.224 e. The minimum Gasteiger partial charge on any atom is -0.369 e. The molecule has 4 heteroatoms. The predicted octanol–water partition coefficient (Wildman–Crippen LogP) is 0.0225. The Hall–Kier alpha value is -0.280. The normalized spacial score (nSPS) is 20.5. The Morgan fingerprint density at radius 1 is 1.50 bits per heavy atom.